The second-order valence-electron chi connectivity index (χ2n) is 3.49. The van der Waals surface area contributed by atoms with Crippen molar-refractivity contribution in [3.8, 4) is 0 Å². The minimum Gasteiger partial charge on any atom is -0.378 e. The summed E-state index contributed by atoms with van der Waals surface area (Å²) in [7, 11) is 0. The van der Waals surface area contributed by atoms with Crippen LogP contribution >= 0.6 is 11.6 Å². The van der Waals surface area contributed by atoms with Gasteiger partial charge in [0.25, 0.3) is 5.78 Å². The highest BCUT2D eigenvalue weighted by Gasteiger charge is 2.16. The standard InChI is InChI=1S/C9H10ClN5O/c10-7-1-2-11-8-12-9(13-15(7)8)14-3-5-16-6-4-14/h1-2H,3-6H2. The van der Waals surface area contributed by atoms with Gasteiger partial charge in [-0.2, -0.15) is 9.50 Å². The average Bonchev–Trinajstić information content (AvgIpc) is 2.76. The van der Waals surface area contributed by atoms with Crippen LogP contribution in [0, 0.1) is 0 Å². The van der Waals surface area contributed by atoms with Crippen LogP contribution in [0.5, 0.6) is 0 Å². The van der Waals surface area contributed by atoms with Crippen molar-refractivity contribution in [2.75, 3.05) is 31.2 Å². The first-order chi connectivity index (χ1) is 7.84. The second kappa shape index (κ2) is 3.88. The molecule has 16 heavy (non-hydrogen) atoms. The molecule has 1 aliphatic rings. The quantitative estimate of drug-likeness (QED) is 0.683. The summed E-state index contributed by atoms with van der Waals surface area (Å²) in [5, 5.41) is 4.83. The lowest BCUT2D eigenvalue weighted by Crippen LogP contribution is -2.36. The van der Waals surface area contributed by atoms with Crippen molar-refractivity contribution >= 4 is 23.3 Å². The van der Waals surface area contributed by atoms with Crippen molar-refractivity contribution in [3.63, 3.8) is 0 Å². The van der Waals surface area contributed by atoms with Crippen LogP contribution in [0.25, 0.3) is 5.78 Å². The third-order valence-electron chi connectivity index (χ3n) is 2.48. The molecule has 1 aliphatic heterocycles. The molecule has 0 amide bonds. The van der Waals surface area contributed by atoms with E-state index < -0.39 is 0 Å². The Morgan fingerprint density at radius 1 is 1.31 bits per heavy atom. The van der Waals surface area contributed by atoms with E-state index in [0.717, 1.165) is 13.1 Å². The van der Waals surface area contributed by atoms with Crippen LogP contribution in [0.3, 0.4) is 0 Å². The first kappa shape index (κ1) is 9.80. The summed E-state index contributed by atoms with van der Waals surface area (Å²) in [6, 6.07) is 1.69. The Bertz CT molecular complexity index is 508. The van der Waals surface area contributed by atoms with E-state index >= 15 is 0 Å². The topological polar surface area (TPSA) is 55.5 Å². The van der Waals surface area contributed by atoms with Gasteiger partial charge in [0.2, 0.25) is 5.95 Å². The zero-order valence-corrected chi connectivity index (χ0v) is 9.26. The molecule has 0 atom stereocenters. The van der Waals surface area contributed by atoms with Gasteiger partial charge in [0, 0.05) is 19.3 Å². The molecule has 0 N–H and O–H groups in total. The summed E-state index contributed by atoms with van der Waals surface area (Å²) in [6.07, 6.45) is 1.62. The van der Waals surface area contributed by atoms with Gasteiger partial charge in [-0.25, -0.2) is 4.98 Å². The van der Waals surface area contributed by atoms with Gasteiger partial charge >= 0.3 is 0 Å². The highest BCUT2D eigenvalue weighted by Crippen LogP contribution is 2.14. The van der Waals surface area contributed by atoms with Crippen molar-refractivity contribution in [2.24, 2.45) is 0 Å². The molecule has 2 aromatic heterocycles. The zero-order valence-electron chi connectivity index (χ0n) is 8.51. The van der Waals surface area contributed by atoms with Crippen LogP contribution in [0.2, 0.25) is 5.15 Å². The number of rotatable bonds is 1. The van der Waals surface area contributed by atoms with E-state index in [4.69, 9.17) is 16.3 Å². The number of nitrogens with zero attached hydrogens (tertiary/aromatic N) is 5. The Balaban J connectivity index is 2.01. The van der Waals surface area contributed by atoms with Crippen molar-refractivity contribution in [2.45, 2.75) is 0 Å². The molecule has 2 aromatic rings. The smallest absolute Gasteiger partial charge is 0.255 e. The Morgan fingerprint density at radius 3 is 2.88 bits per heavy atom. The number of hydrogen-bond acceptors (Lipinski definition) is 5. The van der Waals surface area contributed by atoms with Gasteiger partial charge in [0.15, 0.2) is 0 Å². The molecule has 0 aromatic carbocycles. The largest absolute Gasteiger partial charge is 0.378 e. The molecule has 1 saturated heterocycles. The average molecular weight is 240 g/mol. The molecule has 0 aliphatic carbocycles. The molecule has 3 heterocycles. The Labute approximate surface area is 96.8 Å². The molecule has 84 valence electrons. The number of ether oxygens (including phenoxy) is 1. The molecule has 0 saturated carbocycles. The van der Waals surface area contributed by atoms with Gasteiger partial charge in [-0.15, -0.1) is 5.10 Å². The van der Waals surface area contributed by atoms with Crippen LogP contribution in [-0.2, 0) is 4.74 Å². The summed E-state index contributed by atoms with van der Waals surface area (Å²) < 4.78 is 6.81. The van der Waals surface area contributed by atoms with Gasteiger partial charge in [0.05, 0.1) is 13.2 Å². The van der Waals surface area contributed by atoms with Crippen molar-refractivity contribution in [1.29, 1.82) is 0 Å². The molecule has 0 spiro atoms. The number of hydrogen-bond donors (Lipinski definition) is 0. The Kier molecular flexibility index (Phi) is 2.37. The molecule has 6 nitrogen and oxygen atoms in total. The second-order valence-corrected chi connectivity index (χ2v) is 3.88. The highest BCUT2D eigenvalue weighted by atomic mass is 35.5. The lowest BCUT2D eigenvalue weighted by atomic mass is 10.4. The van der Waals surface area contributed by atoms with E-state index in [1.165, 1.54) is 4.52 Å². The van der Waals surface area contributed by atoms with Crippen LogP contribution in [0.1, 0.15) is 0 Å². The van der Waals surface area contributed by atoms with E-state index in [-0.39, 0.29) is 0 Å². The minimum atomic E-state index is 0.511. The molecular formula is C9H10ClN5O. The summed E-state index contributed by atoms with van der Waals surface area (Å²) in [4.78, 5) is 10.5. The number of halogens is 1. The predicted octanol–water partition coefficient (Wildman–Crippen LogP) is 0.614. The van der Waals surface area contributed by atoms with E-state index in [0.29, 0.717) is 30.1 Å². The molecule has 0 unspecified atom stereocenters. The van der Waals surface area contributed by atoms with Gasteiger partial charge in [-0.1, -0.05) is 11.6 Å². The summed E-state index contributed by atoms with van der Waals surface area (Å²) in [6.45, 7) is 3.01. The monoisotopic (exact) mass is 239 g/mol. The maximum absolute atomic E-state index is 5.99. The van der Waals surface area contributed by atoms with Crippen LogP contribution in [0.15, 0.2) is 12.3 Å². The fraction of sp³-hybridized carbons (Fsp3) is 0.444. The normalized spacial score (nSPS) is 16.9. The van der Waals surface area contributed by atoms with Crippen LogP contribution < -0.4 is 4.90 Å². The van der Waals surface area contributed by atoms with Crippen molar-refractivity contribution in [1.82, 2.24) is 19.6 Å². The first-order valence-corrected chi connectivity index (χ1v) is 5.42. The number of morpholine rings is 1. The molecule has 0 radical (unpaired) electrons. The maximum Gasteiger partial charge on any atom is 0.255 e. The van der Waals surface area contributed by atoms with Crippen LogP contribution in [0.4, 0.5) is 5.95 Å². The molecule has 1 fully saturated rings. The Hall–Kier alpha value is -1.40. The van der Waals surface area contributed by atoms with E-state index in [1.54, 1.807) is 12.3 Å². The molecule has 7 heteroatoms. The molecule has 0 bridgehead atoms. The summed E-state index contributed by atoms with van der Waals surface area (Å²) >= 11 is 5.99. The van der Waals surface area contributed by atoms with Gasteiger partial charge in [0.1, 0.15) is 5.15 Å². The third kappa shape index (κ3) is 1.60. The third-order valence-corrected chi connectivity index (χ3v) is 2.76. The number of aromatic nitrogens is 4. The fourth-order valence-electron chi connectivity index (χ4n) is 1.65. The number of anilines is 1. The SMILES string of the molecule is Clc1ccnc2nc(N3CCOCC3)nn12. The van der Waals surface area contributed by atoms with Crippen LogP contribution in [-0.4, -0.2) is 45.9 Å². The highest BCUT2D eigenvalue weighted by molar-refractivity contribution is 6.29. The molecular weight excluding hydrogens is 230 g/mol. The van der Waals surface area contributed by atoms with E-state index in [2.05, 4.69) is 20.0 Å². The van der Waals surface area contributed by atoms with E-state index in [1.807, 2.05) is 0 Å². The molecule has 3 rings (SSSR count). The fourth-order valence-corrected chi connectivity index (χ4v) is 1.82. The summed E-state index contributed by atoms with van der Waals surface area (Å²) in [5.41, 5.74) is 0. The van der Waals surface area contributed by atoms with Crippen molar-refractivity contribution < 1.29 is 4.74 Å². The Morgan fingerprint density at radius 2 is 2.12 bits per heavy atom. The van der Waals surface area contributed by atoms with E-state index in [9.17, 15) is 0 Å². The maximum atomic E-state index is 5.99. The zero-order chi connectivity index (χ0) is 11.0. The minimum absolute atomic E-state index is 0.511. The lowest BCUT2D eigenvalue weighted by Gasteiger charge is -2.25. The summed E-state index contributed by atoms with van der Waals surface area (Å²) in [5.74, 6) is 1.18. The van der Waals surface area contributed by atoms with Gasteiger partial charge in [-0.05, 0) is 6.07 Å². The van der Waals surface area contributed by atoms with Gasteiger partial charge in [-0.3, -0.25) is 0 Å². The van der Waals surface area contributed by atoms with Crippen molar-refractivity contribution in [3.05, 3.63) is 17.4 Å². The first-order valence-electron chi connectivity index (χ1n) is 5.04. The predicted molar refractivity (Wildman–Crippen MR) is 58.8 cm³/mol. The van der Waals surface area contributed by atoms with Gasteiger partial charge < -0.3 is 9.64 Å². The lowest BCUT2D eigenvalue weighted by molar-refractivity contribution is 0.122. The number of fused-ring (bicyclic) bond motifs is 1.